The fraction of sp³-hybridized carbons (Fsp3) is 0.0769. The third-order valence-electron chi connectivity index (χ3n) is 2.77. The van der Waals surface area contributed by atoms with E-state index < -0.39 is 0 Å². The monoisotopic (exact) mass is 364 g/mol. The number of nitrogens with one attached hydrogen (secondary N) is 1. The zero-order valence-electron chi connectivity index (χ0n) is 10.0. The predicted octanol–water partition coefficient (Wildman–Crippen LogP) is 2.29. The summed E-state index contributed by atoms with van der Waals surface area (Å²) >= 11 is 1.99. The van der Waals surface area contributed by atoms with E-state index in [9.17, 15) is 4.79 Å². The number of nitrogens with zero attached hydrogens (tertiary/aromatic N) is 3. The molecule has 0 radical (unpaired) electrons. The summed E-state index contributed by atoms with van der Waals surface area (Å²) in [5.41, 5.74) is 3.01. The fourth-order valence-corrected chi connectivity index (χ4v) is 2.07. The minimum Gasteiger partial charge on any atom is -0.306 e. The van der Waals surface area contributed by atoms with Crippen LogP contribution in [0.2, 0.25) is 0 Å². The zero-order valence-corrected chi connectivity index (χ0v) is 12.2. The van der Waals surface area contributed by atoms with Crippen molar-refractivity contribution in [2.45, 2.75) is 6.92 Å². The first-order valence-electron chi connectivity index (χ1n) is 5.63. The molecule has 0 saturated carbocycles. The summed E-state index contributed by atoms with van der Waals surface area (Å²) in [7, 11) is 0. The second kappa shape index (κ2) is 4.69. The number of hydrogen-bond acceptors (Lipinski definition) is 4. The number of H-pyrrole nitrogens is 1. The molecular formula is C13H9IN4O. The molecule has 0 aliphatic heterocycles. The highest BCUT2D eigenvalue weighted by Crippen LogP contribution is 2.19. The summed E-state index contributed by atoms with van der Waals surface area (Å²) in [6, 6.07) is 5.61. The second-order valence-electron chi connectivity index (χ2n) is 4.07. The Hall–Kier alpha value is -1.83. The molecule has 0 saturated heterocycles. The molecule has 0 bridgehead atoms. The molecule has 2 heterocycles. The van der Waals surface area contributed by atoms with Gasteiger partial charge in [-0.2, -0.15) is 0 Å². The second-order valence-corrected chi connectivity index (χ2v) is 5.15. The van der Waals surface area contributed by atoms with Gasteiger partial charge in [-0.25, -0.2) is 4.98 Å². The molecule has 0 spiro atoms. The SMILES string of the molecule is Cc1nc(-c2ccc3nccnc3c2)[nH]c(=O)c1I. The van der Waals surface area contributed by atoms with Gasteiger partial charge in [0.15, 0.2) is 0 Å². The van der Waals surface area contributed by atoms with E-state index in [1.807, 2.05) is 47.7 Å². The normalized spacial score (nSPS) is 10.8. The molecule has 3 aromatic rings. The molecule has 0 amide bonds. The Morgan fingerprint density at radius 1 is 1.16 bits per heavy atom. The summed E-state index contributed by atoms with van der Waals surface area (Å²) in [6.07, 6.45) is 3.29. The number of aromatic nitrogens is 4. The van der Waals surface area contributed by atoms with Gasteiger partial charge in [0.25, 0.3) is 5.56 Å². The standard InChI is InChI=1S/C13H9IN4O/c1-7-11(14)13(19)18-12(17-7)8-2-3-9-10(6-8)16-5-4-15-9/h2-6H,1H3,(H,17,18,19). The van der Waals surface area contributed by atoms with Crippen LogP contribution in [0.15, 0.2) is 35.4 Å². The highest BCUT2D eigenvalue weighted by molar-refractivity contribution is 14.1. The average Bonchev–Trinajstić information content (AvgIpc) is 2.43. The topological polar surface area (TPSA) is 71.5 Å². The van der Waals surface area contributed by atoms with Gasteiger partial charge in [0.05, 0.1) is 20.3 Å². The fourth-order valence-electron chi connectivity index (χ4n) is 1.82. The molecule has 0 aliphatic rings. The van der Waals surface area contributed by atoms with Crippen LogP contribution in [0, 0.1) is 10.5 Å². The molecule has 2 aromatic heterocycles. The number of halogens is 1. The molecule has 0 aliphatic carbocycles. The summed E-state index contributed by atoms with van der Waals surface area (Å²) < 4.78 is 0.613. The number of hydrogen-bond donors (Lipinski definition) is 1. The molecule has 0 atom stereocenters. The van der Waals surface area contributed by atoms with Gasteiger partial charge < -0.3 is 4.98 Å². The molecule has 5 nitrogen and oxygen atoms in total. The van der Waals surface area contributed by atoms with Crippen molar-refractivity contribution in [3.63, 3.8) is 0 Å². The lowest BCUT2D eigenvalue weighted by molar-refractivity contribution is 1.05. The number of benzene rings is 1. The largest absolute Gasteiger partial charge is 0.306 e. The van der Waals surface area contributed by atoms with Crippen LogP contribution >= 0.6 is 22.6 Å². The Kier molecular flexibility index (Phi) is 3.02. The van der Waals surface area contributed by atoms with Crippen LogP contribution in [0.4, 0.5) is 0 Å². The van der Waals surface area contributed by atoms with Gasteiger partial charge >= 0.3 is 0 Å². The lowest BCUT2D eigenvalue weighted by Gasteiger charge is -2.04. The Morgan fingerprint density at radius 2 is 1.89 bits per heavy atom. The van der Waals surface area contributed by atoms with Crippen LogP contribution in [-0.4, -0.2) is 19.9 Å². The summed E-state index contributed by atoms with van der Waals surface area (Å²) in [6.45, 7) is 1.82. The van der Waals surface area contributed by atoms with E-state index in [-0.39, 0.29) is 5.56 Å². The molecule has 94 valence electrons. The predicted molar refractivity (Wildman–Crippen MR) is 80.8 cm³/mol. The van der Waals surface area contributed by atoms with Gasteiger partial charge in [-0.05, 0) is 47.7 Å². The van der Waals surface area contributed by atoms with E-state index in [1.165, 1.54) is 0 Å². The Morgan fingerprint density at radius 3 is 2.63 bits per heavy atom. The first kappa shape index (κ1) is 12.2. The smallest absolute Gasteiger partial charge is 0.264 e. The maximum absolute atomic E-state index is 11.8. The van der Waals surface area contributed by atoms with E-state index in [4.69, 9.17) is 0 Å². The molecule has 1 N–H and O–H groups in total. The maximum atomic E-state index is 11.8. The van der Waals surface area contributed by atoms with Crippen LogP contribution in [0.25, 0.3) is 22.4 Å². The summed E-state index contributed by atoms with van der Waals surface area (Å²) in [5.74, 6) is 0.551. The number of rotatable bonds is 1. The van der Waals surface area contributed by atoms with Gasteiger partial charge in [-0.3, -0.25) is 14.8 Å². The van der Waals surface area contributed by atoms with E-state index in [0.717, 1.165) is 22.3 Å². The quantitative estimate of drug-likeness (QED) is 0.673. The van der Waals surface area contributed by atoms with Crippen molar-refractivity contribution in [3.8, 4) is 11.4 Å². The molecule has 3 rings (SSSR count). The van der Waals surface area contributed by atoms with Crippen molar-refractivity contribution in [2.75, 3.05) is 0 Å². The summed E-state index contributed by atoms with van der Waals surface area (Å²) in [4.78, 5) is 27.4. The highest BCUT2D eigenvalue weighted by atomic mass is 127. The number of fused-ring (bicyclic) bond motifs is 1. The van der Waals surface area contributed by atoms with Crippen LogP contribution in [0.5, 0.6) is 0 Å². The molecule has 19 heavy (non-hydrogen) atoms. The summed E-state index contributed by atoms with van der Waals surface area (Å²) in [5, 5.41) is 0. The molecule has 6 heteroatoms. The van der Waals surface area contributed by atoms with Crippen molar-refractivity contribution in [3.05, 3.63) is 50.2 Å². The first-order chi connectivity index (χ1) is 9.15. The van der Waals surface area contributed by atoms with Gasteiger partial charge in [0.1, 0.15) is 5.82 Å². The van der Waals surface area contributed by atoms with E-state index in [2.05, 4.69) is 19.9 Å². The minimum absolute atomic E-state index is 0.123. The maximum Gasteiger partial charge on any atom is 0.264 e. The van der Waals surface area contributed by atoms with E-state index in [1.54, 1.807) is 12.4 Å². The van der Waals surface area contributed by atoms with Gasteiger partial charge in [0.2, 0.25) is 0 Å². The first-order valence-corrected chi connectivity index (χ1v) is 6.70. The van der Waals surface area contributed by atoms with Crippen molar-refractivity contribution < 1.29 is 0 Å². The third kappa shape index (κ3) is 2.23. The molecule has 1 aromatic carbocycles. The van der Waals surface area contributed by atoms with Gasteiger partial charge in [-0.15, -0.1) is 0 Å². The van der Waals surface area contributed by atoms with Crippen LogP contribution in [0.1, 0.15) is 5.69 Å². The Labute approximate surface area is 122 Å². The van der Waals surface area contributed by atoms with E-state index in [0.29, 0.717) is 9.39 Å². The Bertz CT molecular complexity index is 828. The van der Waals surface area contributed by atoms with Crippen molar-refractivity contribution in [1.29, 1.82) is 0 Å². The average molecular weight is 364 g/mol. The molecular weight excluding hydrogens is 355 g/mol. The minimum atomic E-state index is -0.123. The number of aryl methyl sites for hydroxylation is 1. The third-order valence-corrected chi connectivity index (χ3v) is 4.04. The number of aromatic amines is 1. The molecule has 0 unspecified atom stereocenters. The van der Waals surface area contributed by atoms with Gasteiger partial charge in [0, 0.05) is 18.0 Å². The lowest BCUT2D eigenvalue weighted by Crippen LogP contribution is -2.14. The van der Waals surface area contributed by atoms with Crippen molar-refractivity contribution in [2.24, 2.45) is 0 Å². The van der Waals surface area contributed by atoms with Crippen molar-refractivity contribution in [1.82, 2.24) is 19.9 Å². The highest BCUT2D eigenvalue weighted by Gasteiger charge is 2.08. The Balaban J connectivity index is 2.22. The van der Waals surface area contributed by atoms with Crippen LogP contribution in [-0.2, 0) is 0 Å². The van der Waals surface area contributed by atoms with Crippen LogP contribution in [0.3, 0.4) is 0 Å². The van der Waals surface area contributed by atoms with Gasteiger partial charge in [-0.1, -0.05) is 0 Å². The van der Waals surface area contributed by atoms with E-state index >= 15 is 0 Å². The lowest BCUT2D eigenvalue weighted by atomic mass is 10.2. The van der Waals surface area contributed by atoms with Crippen LogP contribution < -0.4 is 5.56 Å². The molecule has 0 fully saturated rings. The zero-order chi connectivity index (χ0) is 13.4. The van der Waals surface area contributed by atoms with Crippen molar-refractivity contribution >= 4 is 33.6 Å².